The summed E-state index contributed by atoms with van der Waals surface area (Å²) in [5, 5.41) is 5.95. The second-order valence-electron chi connectivity index (χ2n) is 5.59. The molecule has 3 aromatic rings. The van der Waals surface area contributed by atoms with Gasteiger partial charge in [0.2, 0.25) is 23.5 Å². The molecule has 9 nitrogen and oxygen atoms in total. The lowest BCUT2D eigenvalue weighted by molar-refractivity contribution is -0.159. The molecule has 0 aliphatic carbocycles. The summed E-state index contributed by atoms with van der Waals surface area (Å²) in [6, 6.07) is 5.89. The van der Waals surface area contributed by atoms with Crippen LogP contribution in [0.2, 0.25) is 0 Å². The van der Waals surface area contributed by atoms with E-state index in [0.717, 1.165) is 0 Å². The Hall–Kier alpha value is -3.70. The number of aromatic nitrogens is 4. The highest BCUT2D eigenvalue weighted by atomic mass is 19.4. The van der Waals surface area contributed by atoms with Gasteiger partial charge in [0, 0.05) is 11.3 Å². The third-order valence-corrected chi connectivity index (χ3v) is 3.69. The van der Waals surface area contributed by atoms with Crippen molar-refractivity contribution in [2.45, 2.75) is 12.6 Å². The minimum absolute atomic E-state index is 0.116. The number of anilines is 1. The molecule has 0 radical (unpaired) electrons. The Morgan fingerprint density at radius 1 is 1.10 bits per heavy atom. The molecule has 0 saturated heterocycles. The van der Waals surface area contributed by atoms with Gasteiger partial charge in [-0.2, -0.15) is 18.2 Å². The zero-order valence-electron chi connectivity index (χ0n) is 15.1. The molecule has 1 amide bonds. The number of hydrogen-bond donors (Lipinski definition) is 1. The van der Waals surface area contributed by atoms with Crippen LogP contribution in [0.1, 0.15) is 11.5 Å². The Balaban J connectivity index is 1.70. The number of benzene rings is 1. The summed E-state index contributed by atoms with van der Waals surface area (Å²) in [6.45, 7) is 0. The van der Waals surface area contributed by atoms with Crippen molar-refractivity contribution in [2.24, 2.45) is 0 Å². The number of carbonyl (C=O) groups excluding carboxylic acids is 1. The summed E-state index contributed by atoms with van der Waals surface area (Å²) in [7, 11) is 2.81. The molecule has 29 heavy (non-hydrogen) atoms. The van der Waals surface area contributed by atoms with Gasteiger partial charge in [-0.05, 0) is 24.3 Å². The molecule has 0 aliphatic heterocycles. The number of methoxy groups -OCH3 is 2. The fourth-order valence-corrected chi connectivity index (χ4v) is 2.41. The molecule has 0 saturated carbocycles. The molecule has 0 aliphatic rings. The number of alkyl halides is 3. The zero-order valence-corrected chi connectivity index (χ0v) is 15.1. The van der Waals surface area contributed by atoms with Crippen molar-refractivity contribution in [3.05, 3.63) is 42.0 Å². The number of amides is 1. The van der Waals surface area contributed by atoms with Crippen LogP contribution < -0.4 is 14.8 Å². The number of hydrogen-bond acceptors (Lipinski definition) is 8. The minimum Gasteiger partial charge on any atom is -0.481 e. The Morgan fingerprint density at radius 3 is 2.24 bits per heavy atom. The highest BCUT2D eigenvalue weighted by Crippen LogP contribution is 2.29. The maximum absolute atomic E-state index is 12.5. The molecule has 1 aromatic carbocycles. The van der Waals surface area contributed by atoms with Gasteiger partial charge in [-0.15, -0.1) is 0 Å². The van der Waals surface area contributed by atoms with Crippen molar-refractivity contribution in [1.29, 1.82) is 0 Å². The fraction of sp³-hybridized carbons (Fsp3) is 0.235. The number of halogens is 3. The van der Waals surface area contributed by atoms with E-state index >= 15 is 0 Å². The Labute approximate surface area is 161 Å². The number of rotatable bonds is 6. The van der Waals surface area contributed by atoms with Crippen LogP contribution in [0.5, 0.6) is 11.8 Å². The lowest BCUT2D eigenvalue weighted by Gasteiger charge is -2.11. The molecule has 0 unspecified atom stereocenters. The average molecular weight is 409 g/mol. The van der Waals surface area contributed by atoms with Gasteiger partial charge < -0.3 is 19.3 Å². The lowest BCUT2D eigenvalue weighted by Crippen LogP contribution is -2.16. The van der Waals surface area contributed by atoms with Crippen LogP contribution in [-0.4, -0.2) is 40.2 Å². The first-order valence-corrected chi connectivity index (χ1v) is 8.05. The summed E-state index contributed by atoms with van der Waals surface area (Å²) < 4.78 is 52.1. The number of nitrogens with one attached hydrogen (secondary N) is 1. The standard InChI is InChI=1S/C17H14F3N5O4/c1-27-14-11(15(28-2)22-8-21-14)7-12(26)23-10-5-3-9(4-6-10)13-24-16(29-25-13)17(18,19)20/h3-6,8H,7H2,1-2H3,(H,23,26). The SMILES string of the molecule is COc1ncnc(OC)c1CC(=O)Nc1ccc(-c2noc(C(F)(F)F)n2)cc1. The molecule has 0 atom stereocenters. The highest BCUT2D eigenvalue weighted by Gasteiger charge is 2.38. The van der Waals surface area contributed by atoms with Crippen molar-refractivity contribution in [3.8, 4) is 23.1 Å². The van der Waals surface area contributed by atoms with E-state index in [1.54, 1.807) is 0 Å². The van der Waals surface area contributed by atoms with Gasteiger partial charge in [-0.25, -0.2) is 9.97 Å². The number of ether oxygens (including phenoxy) is 2. The summed E-state index contributed by atoms with van der Waals surface area (Å²) in [5.41, 5.74) is 1.08. The maximum atomic E-state index is 12.5. The topological polar surface area (TPSA) is 112 Å². The zero-order chi connectivity index (χ0) is 21.0. The third kappa shape index (κ3) is 4.59. The average Bonchev–Trinajstić information content (AvgIpc) is 3.19. The smallest absolute Gasteiger partial charge is 0.471 e. The van der Waals surface area contributed by atoms with Gasteiger partial charge in [0.05, 0.1) is 26.2 Å². The van der Waals surface area contributed by atoms with Gasteiger partial charge in [0.25, 0.3) is 0 Å². The monoisotopic (exact) mass is 409 g/mol. The predicted octanol–water partition coefficient (Wildman–Crippen LogP) is 2.74. The molecule has 12 heteroatoms. The van der Waals surface area contributed by atoms with E-state index in [2.05, 4.69) is 29.9 Å². The van der Waals surface area contributed by atoms with Gasteiger partial charge in [-0.3, -0.25) is 4.79 Å². The van der Waals surface area contributed by atoms with Crippen LogP contribution in [0.3, 0.4) is 0 Å². The predicted molar refractivity (Wildman–Crippen MR) is 92.2 cm³/mol. The van der Waals surface area contributed by atoms with Gasteiger partial charge in [-0.1, -0.05) is 5.16 Å². The molecular weight excluding hydrogens is 395 g/mol. The molecule has 2 aromatic heterocycles. The van der Waals surface area contributed by atoms with E-state index in [0.29, 0.717) is 16.8 Å². The van der Waals surface area contributed by atoms with E-state index < -0.39 is 18.0 Å². The molecule has 3 rings (SSSR count). The molecule has 152 valence electrons. The van der Waals surface area contributed by atoms with Crippen molar-refractivity contribution < 1.29 is 32.0 Å². The van der Waals surface area contributed by atoms with Crippen LogP contribution in [0.4, 0.5) is 18.9 Å². The minimum atomic E-state index is -4.72. The quantitative estimate of drug-likeness (QED) is 0.661. The van der Waals surface area contributed by atoms with Crippen LogP contribution >= 0.6 is 0 Å². The molecule has 0 spiro atoms. The largest absolute Gasteiger partial charge is 0.481 e. The summed E-state index contributed by atoms with van der Waals surface area (Å²) in [5.74, 6) is -1.63. The fourth-order valence-electron chi connectivity index (χ4n) is 2.41. The van der Waals surface area contributed by atoms with Crippen LogP contribution in [0.15, 0.2) is 35.1 Å². The first kappa shape index (κ1) is 20.0. The second kappa shape index (κ2) is 8.12. The normalized spacial score (nSPS) is 11.2. The molecule has 1 N–H and O–H groups in total. The molecular formula is C17H14F3N5O4. The number of nitrogens with zero attached hydrogens (tertiary/aromatic N) is 4. The van der Waals surface area contributed by atoms with Crippen molar-refractivity contribution in [1.82, 2.24) is 20.1 Å². The highest BCUT2D eigenvalue weighted by molar-refractivity contribution is 5.93. The molecule has 0 bridgehead atoms. The first-order chi connectivity index (χ1) is 13.8. The lowest BCUT2D eigenvalue weighted by atomic mass is 10.1. The van der Waals surface area contributed by atoms with E-state index in [4.69, 9.17) is 9.47 Å². The van der Waals surface area contributed by atoms with Gasteiger partial charge >= 0.3 is 12.1 Å². The summed E-state index contributed by atoms with van der Waals surface area (Å²) >= 11 is 0. The van der Waals surface area contributed by atoms with Crippen molar-refractivity contribution in [2.75, 3.05) is 19.5 Å². The third-order valence-electron chi connectivity index (χ3n) is 3.69. The van der Waals surface area contributed by atoms with Gasteiger partial charge in [0.1, 0.15) is 6.33 Å². The van der Waals surface area contributed by atoms with E-state index in [9.17, 15) is 18.0 Å². The Morgan fingerprint density at radius 2 is 1.72 bits per heavy atom. The van der Waals surface area contributed by atoms with E-state index in [1.165, 1.54) is 44.8 Å². The van der Waals surface area contributed by atoms with Crippen LogP contribution in [0, 0.1) is 0 Å². The first-order valence-electron chi connectivity index (χ1n) is 8.05. The molecule has 2 heterocycles. The molecule has 0 fully saturated rings. The van der Waals surface area contributed by atoms with Gasteiger partial charge in [0.15, 0.2) is 0 Å². The summed E-state index contributed by atoms with van der Waals surface area (Å²) in [6.07, 6.45) is -3.59. The van der Waals surface area contributed by atoms with Crippen LogP contribution in [-0.2, 0) is 17.4 Å². The van der Waals surface area contributed by atoms with E-state index in [-0.39, 0.29) is 24.0 Å². The van der Waals surface area contributed by atoms with E-state index in [1.807, 2.05) is 0 Å². The van der Waals surface area contributed by atoms with Crippen molar-refractivity contribution >= 4 is 11.6 Å². The Kier molecular flexibility index (Phi) is 5.61. The summed E-state index contributed by atoms with van der Waals surface area (Å²) in [4.78, 5) is 23.5. The number of carbonyl (C=O) groups is 1. The second-order valence-corrected chi connectivity index (χ2v) is 5.59. The maximum Gasteiger partial charge on any atom is 0.471 e. The Bertz CT molecular complexity index is 983. The van der Waals surface area contributed by atoms with Crippen LogP contribution in [0.25, 0.3) is 11.4 Å². The van der Waals surface area contributed by atoms with Crippen molar-refractivity contribution in [3.63, 3.8) is 0 Å².